The Bertz CT molecular complexity index is 667. The highest BCUT2D eigenvalue weighted by Crippen LogP contribution is 2.19. The minimum Gasteiger partial charge on any atom is -0.314 e. The fraction of sp³-hybridized carbons (Fsp3) is 0.429. The first-order chi connectivity index (χ1) is 10.1. The van der Waals surface area contributed by atoms with Crippen molar-refractivity contribution >= 4 is 5.69 Å². The van der Waals surface area contributed by atoms with E-state index in [1.165, 1.54) is 6.07 Å². The molecule has 0 aliphatic carbocycles. The predicted molar refractivity (Wildman–Crippen MR) is 76.7 cm³/mol. The van der Waals surface area contributed by atoms with Crippen LogP contribution in [0, 0.1) is 10.1 Å². The molecule has 0 fully saturated rings. The van der Waals surface area contributed by atoms with Crippen LogP contribution in [0.3, 0.4) is 0 Å². The molecule has 0 amide bonds. The van der Waals surface area contributed by atoms with Gasteiger partial charge in [0.25, 0.3) is 5.69 Å². The summed E-state index contributed by atoms with van der Waals surface area (Å²) in [6.07, 6.45) is 2.11. The Labute approximate surface area is 122 Å². The van der Waals surface area contributed by atoms with Gasteiger partial charge in [-0.3, -0.25) is 10.1 Å². The van der Waals surface area contributed by atoms with Gasteiger partial charge in [-0.2, -0.15) is 0 Å². The lowest BCUT2D eigenvalue weighted by Gasteiger charge is -2.13. The highest BCUT2D eigenvalue weighted by atomic mass is 16.6. The molecule has 2 aromatic rings. The van der Waals surface area contributed by atoms with E-state index in [9.17, 15) is 10.1 Å². The third-order valence-corrected chi connectivity index (χ3v) is 3.76. The number of nitro benzene ring substituents is 1. The van der Waals surface area contributed by atoms with Gasteiger partial charge in [0.15, 0.2) is 0 Å². The molecule has 1 aliphatic rings. The molecule has 0 bridgehead atoms. The zero-order valence-corrected chi connectivity index (χ0v) is 11.8. The van der Waals surface area contributed by atoms with E-state index >= 15 is 0 Å². The third kappa shape index (κ3) is 2.78. The van der Waals surface area contributed by atoms with Crippen molar-refractivity contribution in [3.8, 4) is 0 Å². The van der Waals surface area contributed by atoms with Crippen molar-refractivity contribution in [2.75, 3.05) is 0 Å². The molecule has 1 atom stereocenters. The number of non-ortho nitro benzene ring substituents is 1. The summed E-state index contributed by atoms with van der Waals surface area (Å²) in [5, 5.41) is 22.6. The van der Waals surface area contributed by atoms with Gasteiger partial charge in [0.05, 0.1) is 11.0 Å². The minimum absolute atomic E-state index is 0.0589. The van der Waals surface area contributed by atoms with E-state index in [0.717, 1.165) is 36.6 Å². The van der Waals surface area contributed by atoms with Crippen LogP contribution in [0.5, 0.6) is 0 Å². The van der Waals surface area contributed by atoms with Gasteiger partial charge in [-0.05, 0) is 18.9 Å². The van der Waals surface area contributed by atoms with Gasteiger partial charge in [-0.15, -0.1) is 10.2 Å². The number of nitrogens with one attached hydrogen (secondary N) is 1. The molecule has 110 valence electrons. The second kappa shape index (κ2) is 5.61. The number of rotatable bonds is 5. The molecule has 2 heterocycles. The summed E-state index contributed by atoms with van der Waals surface area (Å²) < 4.78 is 2.16. The lowest BCUT2D eigenvalue weighted by Crippen LogP contribution is -2.21. The molecule has 0 spiro atoms. The zero-order valence-electron chi connectivity index (χ0n) is 11.8. The Morgan fingerprint density at radius 1 is 1.48 bits per heavy atom. The van der Waals surface area contributed by atoms with Crippen LogP contribution in [0.25, 0.3) is 0 Å². The fourth-order valence-corrected chi connectivity index (χ4v) is 2.64. The van der Waals surface area contributed by atoms with Crippen LogP contribution in [-0.2, 0) is 19.5 Å². The van der Waals surface area contributed by atoms with Crippen LogP contribution in [0.2, 0.25) is 0 Å². The maximum Gasteiger partial charge on any atom is 0.269 e. The Morgan fingerprint density at radius 3 is 3.14 bits per heavy atom. The van der Waals surface area contributed by atoms with Gasteiger partial charge in [0, 0.05) is 31.6 Å². The monoisotopic (exact) mass is 287 g/mol. The first-order valence-corrected chi connectivity index (χ1v) is 7.04. The Kier molecular flexibility index (Phi) is 3.66. The third-order valence-electron chi connectivity index (χ3n) is 3.76. The molecular formula is C14H17N5O2. The van der Waals surface area contributed by atoms with E-state index in [0.29, 0.717) is 6.54 Å². The van der Waals surface area contributed by atoms with Gasteiger partial charge in [0.2, 0.25) is 0 Å². The molecule has 7 heteroatoms. The van der Waals surface area contributed by atoms with E-state index in [4.69, 9.17) is 0 Å². The summed E-state index contributed by atoms with van der Waals surface area (Å²) in [6, 6.07) is 6.73. The molecule has 7 nitrogen and oxygen atoms in total. The normalized spacial score (nSPS) is 14.9. The molecule has 21 heavy (non-hydrogen) atoms. The molecule has 0 radical (unpaired) electrons. The smallest absolute Gasteiger partial charge is 0.269 e. The number of aryl methyl sites for hydroxylation is 1. The van der Waals surface area contributed by atoms with Crippen LogP contribution in [-0.4, -0.2) is 19.7 Å². The number of hydrogen-bond acceptors (Lipinski definition) is 5. The average Bonchev–Trinajstić information content (AvgIpc) is 3.07. The lowest BCUT2D eigenvalue weighted by molar-refractivity contribution is -0.384. The van der Waals surface area contributed by atoms with E-state index in [-0.39, 0.29) is 16.7 Å². The number of nitrogens with zero attached hydrogens (tertiary/aromatic N) is 4. The Hall–Kier alpha value is -2.28. The topological polar surface area (TPSA) is 85.9 Å². The lowest BCUT2D eigenvalue weighted by atomic mass is 10.2. The summed E-state index contributed by atoms with van der Waals surface area (Å²) in [5.41, 5.74) is 1.00. The van der Waals surface area contributed by atoms with Gasteiger partial charge in [-0.1, -0.05) is 12.1 Å². The molecule has 1 N–H and O–H groups in total. The van der Waals surface area contributed by atoms with Gasteiger partial charge >= 0.3 is 0 Å². The molecule has 0 saturated carbocycles. The number of benzene rings is 1. The predicted octanol–water partition coefficient (Wildman–Crippen LogP) is 1.98. The highest BCUT2D eigenvalue weighted by Gasteiger charge is 2.20. The van der Waals surface area contributed by atoms with Crippen molar-refractivity contribution in [3.05, 3.63) is 51.6 Å². The maximum atomic E-state index is 10.8. The fourth-order valence-electron chi connectivity index (χ4n) is 2.64. The Balaban J connectivity index is 1.67. The minimum atomic E-state index is -0.377. The van der Waals surface area contributed by atoms with Crippen LogP contribution in [0.1, 0.15) is 36.6 Å². The van der Waals surface area contributed by atoms with Gasteiger partial charge < -0.3 is 9.88 Å². The quantitative estimate of drug-likeness (QED) is 0.671. The van der Waals surface area contributed by atoms with E-state index in [1.807, 2.05) is 13.0 Å². The molecule has 1 aromatic carbocycles. The molecule has 1 aliphatic heterocycles. The van der Waals surface area contributed by atoms with Crippen LogP contribution in [0.4, 0.5) is 5.69 Å². The van der Waals surface area contributed by atoms with E-state index in [1.54, 1.807) is 12.1 Å². The summed E-state index contributed by atoms with van der Waals surface area (Å²) in [4.78, 5) is 10.4. The number of fused-ring (bicyclic) bond motifs is 1. The molecule has 1 unspecified atom stereocenters. The van der Waals surface area contributed by atoms with Crippen molar-refractivity contribution < 1.29 is 4.92 Å². The second-order valence-electron chi connectivity index (χ2n) is 5.26. The number of aromatic nitrogens is 3. The summed E-state index contributed by atoms with van der Waals surface area (Å²) in [5.74, 6) is 1.99. The summed E-state index contributed by atoms with van der Waals surface area (Å²) in [7, 11) is 0. The number of nitro groups is 1. The van der Waals surface area contributed by atoms with E-state index in [2.05, 4.69) is 20.1 Å². The Morgan fingerprint density at radius 2 is 2.33 bits per heavy atom. The van der Waals surface area contributed by atoms with Crippen molar-refractivity contribution in [3.63, 3.8) is 0 Å². The van der Waals surface area contributed by atoms with Crippen LogP contribution >= 0.6 is 0 Å². The van der Waals surface area contributed by atoms with Gasteiger partial charge in [0.1, 0.15) is 11.6 Å². The zero-order chi connectivity index (χ0) is 14.8. The first kappa shape index (κ1) is 13.7. The van der Waals surface area contributed by atoms with Crippen molar-refractivity contribution in [2.45, 2.75) is 38.9 Å². The maximum absolute atomic E-state index is 10.8. The highest BCUT2D eigenvalue weighted by molar-refractivity contribution is 5.34. The van der Waals surface area contributed by atoms with E-state index < -0.39 is 0 Å². The van der Waals surface area contributed by atoms with Crippen LogP contribution < -0.4 is 5.32 Å². The van der Waals surface area contributed by atoms with Crippen LogP contribution in [0.15, 0.2) is 24.3 Å². The van der Waals surface area contributed by atoms with Gasteiger partial charge in [-0.25, -0.2) is 0 Å². The summed E-state index contributed by atoms with van der Waals surface area (Å²) >= 11 is 0. The largest absolute Gasteiger partial charge is 0.314 e. The summed E-state index contributed by atoms with van der Waals surface area (Å²) in [6.45, 7) is 3.57. The average molecular weight is 287 g/mol. The standard InChI is InChI=1S/C14H17N5O2/c1-10(14-17-16-13-6-3-7-18(13)14)15-9-11-4-2-5-12(8-11)19(20)21/h2,4-5,8,10,15H,3,6-7,9H2,1H3. The molecule has 0 saturated heterocycles. The SMILES string of the molecule is CC(NCc1cccc([N+](=O)[O-])c1)c1nnc2n1CCC2. The van der Waals surface area contributed by atoms with Crippen molar-refractivity contribution in [1.29, 1.82) is 0 Å². The molecular weight excluding hydrogens is 270 g/mol. The van der Waals surface area contributed by atoms with Crippen molar-refractivity contribution in [2.24, 2.45) is 0 Å². The van der Waals surface area contributed by atoms with Crippen molar-refractivity contribution in [1.82, 2.24) is 20.1 Å². The second-order valence-corrected chi connectivity index (χ2v) is 5.26. The first-order valence-electron chi connectivity index (χ1n) is 7.04. The number of hydrogen-bond donors (Lipinski definition) is 1. The molecule has 1 aromatic heterocycles. The molecule has 3 rings (SSSR count).